The zero-order valence-electron chi connectivity index (χ0n) is 13.4. The van der Waals surface area contributed by atoms with Crippen molar-refractivity contribution in [3.05, 3.63) is 11.4 Å². The third-order valence-electron chi connectivity index (χ3n) is 3.84. The average molecular weight is 293 g/mol. The Morgan fingerprint density at radius 2 is 1.75 bits per heavy atom. The quantitative estimate of drug-likeness (QED) is 0.830. The zero-order valence-corrected chi connectivity index (χ0v) is 14.2. The summed E-state index contributed by atoms with van der Waals surface area (Å²) in [6.07, 6.45) is 6.79. The van der Waals surface area contributed by atoms with Gasteiger partial charge in [-0.25, -0.2) is 9.97 Å². The van der Waals surface area contributed by atoms with Gasteiger partial charge in [0.1, 0.15) is 16.7 Å². The molecule has 1 aromatic rings. The van der Waals surface area contributed by atoms with Gasteiger partial charge in [0.25, 0.3) is 0 Å². The van der Waals surface area contributed by atoms with Crippen molar-refractivity contribution in [2.75, 3.05) is 12.4 Å². The first-order valence-corrected chi connectivity index (χ1v) is 8.53. The van der Waals surface area contributed by atoms with E-state index in [4.69, 9.17) is 4.98 Å². The number of rotatable bonds is 3. The molecule has 1 heterocycles. The van der Waals surface area contributed by atoms with Crippen LogP contribution in [0.3, 0.4) is 0 Å². The van der Waals surface area contributed by atoms with Gasteiger partial charge in [-0.05, 0) is 19.8 Å². The van der Waals surface area contributed by atoms with Gasteiger partial charge < -0.3 is 5.32 Å². The monoisotopic (exact) mass is 293 g/mol. The lowest BCUT2D eigenvalue weighted by atomic mass is 9.95. The molecule has 0 spiro atoms. The van der Waals surface area contributed by atoms with Gasteiger partial charge in [-0.2, -0.15) is 0 Å². The molecule has 2 rings (SSSR count). The summed E-state index contributed by atoms with van der Waals surface area (Å²) in [5.74, 6) is 1.91. The highest BCUT2D eigenvalue weighted by molar-refractivity contribution is 7.99. The Morgan fingerprint density at radius 1 is 1.10 bits per heavy atom. The van der Waals surface area contributed by atoms with E-state index in [1.54, 1.807) is 0 Å². The molecule has 1 N–H and O–H groups in total. The minimum Gasteiger partial charge on any atom is -0.373 e. The number of aromatic nitrogens is 2. The Kier molecular flexibility index (Phi) is 4.95. The normalized spacial score (nSPS) is 17.2. The van der Waals surface area contributed by atoms with Crippen LogP contribution in [0.5, 0.6) is 0 Å². The molecular weight excluding hydrogens is 266 g/mol. The minimum absolute atomic E-state index is 0.0127. The van der Waals surface area contributed by atoms with Gasteiger partial charge >= 0.3 is 0 Å². The lowest BCUT2D eigenvalue weighted by molar-refractivity contribution is 0.514. The van der Waals surface area contributed by atoms with E-state index in [1.165, 1.54) is 42.7 Å². The second kappa shape index (κ2) is 6.33. The molecular formula is C16H27N3S. The SMILES string of the molecule is CNc1nc(C(C)(C)C)nc(SC2CCCCC2)c1C. The maximum atomic E-state index is 4.86. The number of thioether (sulfide) groups is 1. The van der Waals surface area contributed by atoms with Crippen LogP contribution in [-0.4, -0.2) is 22.3 Å². The second-order valence-electron chi connectivity index (χ2n) is 6.70. The summed E-state index contributed by atoms with van der Waals surface area (Å²) >= 11 is 1.96. The van der Waals surface area contributed by atoms with Gasteiger partial charge in [-0.3, -0.25) is 0 Å². The molecule has 1 aliphatic carbocycles. The summed E-state index contributed by atoms with van der Waals surface area (Å²) in [5, 5.41) is 5.12. The smallest absolute Gasteiger partial charge is 0.137 e. The zero-order chi connectivity index (χ0) is 14.8. The first-order valence-electron chi connectivity index (χ1n) is 7.65. The fraction of sp³-hybridized carbons (Fsp3) is 0.750. The van der Waals surface area contributed by atoms with Crippen molar-refractivity contribution in [3.8, 4) is 0 Å². The lowest BCUT2D eigenvalue weighted by Crippen LogP contribution is -2.19. The number of nitrogens with one attached hydrogen (secondary N) is 1. The van der Waals surface area contributed by atoms with Gasteiger partial charge in [0.05, 0.1) is 0 Å². The highest BCUT2D eigenvalue weighted by Gasteiger charge is 2.23. The van der Waals surface area contributed by atoms with Crippen LogP contribution in [0.4, 0.5) is 5.82 Å². The standard InChI is InChI=1S/C16H27N3S/c1-11-13(17-5)18-15(16(2,3)4)19-14(11)20-12-9-7-6-8-10-12/h12H,6-10H2,1-5H3,(H,17,18,19). The summed E-state index contributed by atoms with van der Waals surface area (Å²) in [4.78, 5) is 9.54. The summed E-state index contributed by atoms with van der Waals surface area (Å²) < 4.78 is 0. The van der Waals surface area contributed by atoms with Crippen molar-refractivity contribution < 1.29 is 0 Å². The van der Waals surface area contributed by atoms with Gasteiger partial charge in [0, 0.05) is 23.3 Å². The van der Waals surface area contributed by atoms with E-state index in [-0.39, 0.29) is 5.41 Å². The van der Waals surface area contributed by atoms with Crippen molar-refractivity contribution in [2.24, 2.45) is 0 Å². The average Bonchev–Trinajstić information content (AvgIpc) is 2.41. The molecule has 112 valence electrons. The fourth-order valence-corrected chi connectivity index (χ4v) is 3.83. The molecule has 1 aliphatic rings. The van der Waals surface area contributed by atoms with Crippen molar-refractivity contribution in [2.45, 2.75) is 75.5 Å². The van der Waals surface area contributed by atoms with Crippen LogP contribution >= 0.6 is 11.8 Å². The van der Waals surface area contributed by atoms with Crippen molar-refractivity contribution in [1.29, 1.82) is 0 Å². The third-order valence-corrected chi connectivity index (χ3v) is 5.26. The Morgan fingerprint density at radius 3 is 2.30 bits per heavy atom. The Balaban J connectivity index is 2.30. The van der Waals surface area contributed by atoms with Crippen LogP contribution in [0.1, 0.15) is 64.3 Å². The van der Waals surface area contributed by atoms with Crippen molar-refractivity contribution >= 4 is 17.6 Å². The van der Waals surface area contributed by atoms with Gasteiger partial charge in [-0.15, -0.1) is 11.8 Å². The van der Waals surface area contributed by atoms with E-state index in [0.717, 1.165) is 16.9 Å². The van der Waals surface area contributed by atoms with E-state index < -0.39 is 0 Å². The van der Waals surface area contributed by atoms with E-state index in [0.29, 0.717) is 0 Å². The molecule has 1 fully saturated rings. The second-order valence-corrected chi connectivity index (χ2v) is 7.99. The van der Waals surface area contributed by atoms with E-state index in [9.17, 15) is 0 Å². The molecule has 0 radical (unpaired) electrons. The molecule has 0 saturated heterocycles. The molecule has 1 saturated carbocycles. The van der Waals surface area contributed by atoms with Crippen LogP contribution in [-0.2, 0) is 5.41 Å². The third kappa shape index (κ3) is 3.66. The van der Waals surface area contributed by atoms with Crippen LogP contribution in [0.15, 0.2) is 5.03 Å². The minimum atomic E-state index is -0.0127. The summed E-state index contributed by atoms with van der Waals surface area (Å²) in [5.41, 5.74) is 1.18. The Labute approximate surface area is 127 Å². The summed E-state index contributed by atoms with van der Waals surface area (Å²) in [7, 11) is 1.94. The topological polar surface area (TPSA) is 37.8 Å². The van der Waals surface area contributed by atoms with Crippen LogP contribution < -0.4 is 5.32 Å². The number of anilines is 1. The van der Waals surface area contributed by atoms with Crippen LogP contribution in [0.2, 0.25) is 0 Å². The number of hydrogen-bond acceptors (Lipinski definition) is 4. The number of hydrogen-bond donors (Lipinski definition) is 1. The first kappa shape index (κ1) is 15.6. The molecule has 0 aromatic carbocycles. The summed E-state index contributed by atoms with van der Waals surface area (Å²) in [6.45, 7) is 8.65. The highest BCUT2D eigenvalue weighted by Crippen LogP contribution is 2.36. The van der Waals surface area contributed by atoms with Crippen LogP contribution in [0, 0.1) is 6.92 Å². The number of nitrogens with zero attached hydrogens (tertiary/aromatic N) is 2. The Bertz CT molecular complexity index is 460. The molecule has 1 aromatic heterocycles. The molecule has 4 heteroatoms. The van der Waals surface area contributed by atoms with E-state index in [1.807, 2.05) is 18.8 Å². The van der Waals surface area contributed by atoms with Crippen molar-refractivity contribution in [3.63, 3.8) is 0 Å². The van der Waals surface area contributed by atoms with E-state index >= 15 is 0 Å². The maximum Gasteiger partial charge on any atom is 0.137 e. The van der Waals surface area contributed by atoms with Crippen LogP contribution in [0.25, 0.3) is 0 Å². The predicted molar refractivity (Wildman–Crippen MR) is 87.7 cm³/mol. The van der Waals surface area contributed by atoms with E-state index in [2.05, 4.69) is 38.0 Å². The maximum absolute atomic E-state index is 4.86. The molecule has 20 heavy (non-hydrogen) atoms. The van der Waals surface area contributed by atoms with Gasteiger partial charge in [0.15, 0.2) is 0 Å². The predicted octanol–water partition coefficient (Wildman–Crippen LogP) is 4.55. The molecule has 0 amide bonds. The first-order chi connectivity index (χ1) is 9.41. The van der Waals surface area contributed by atoms with Crippen molar-refractivity contribution in [1.82, 2.24) is 9.97 Å². The van der Waals surface area contributed by atoms with Gasteiger partial charge in [-0.1, -0.05) is 40.0 Å². The fourth-order valence-electron chi connectivity index (χ4n) is 2.53. The molecule has 0 bridgehead atoms. The molecule has 0 unspecified atom stereocenters. The molecule has 0 atom stereocenters. The lowest BCUT2D eigenvalue weighted by Gasteiger charge is -2.24. The molecule has 3 nitrogen and oxygen atoms in total. The Hall–Kier alpha value is -0.770. The highest BCUT2D eigenvalue weighted by atomic mass is 32.2. The summed E-state index contributed by atoms with van der Waals surface area (Å²) in [6, 6.07) is 0. The van der Waals surface area contributed by atoms with Gasteiger partial charge in [0.2, 0.25) is 0 Å². The largest absolute Gasteiger partial charge is 0.373 e. The molecule has 0 aliphatic heterocycles.